The van der Waals surface area contributed by atoms with Gasteiger partial charge in [-0.2, -0.15) is 0 Å². The van der Waals surface area contributed by atoms with E-state index in [1.54, 1.807) is 25.1 Å². The second-order valence-electron chi connectivity index (χ2n) is 2.97. The second kappa shape index (κ2) is 3.14. The molecule has 14 heavy (non-hydrogen) atoms. The van der Waals surface area contributed by atoms with E-state index in [4.69, 9.17) is 4.42 Å². The van der Waals surface area contributed by atoms with E-state index in [2.05, 4.69) is 4.98 Å². The van der Waals surface area contributed by atoms with Crippen LogP contribution in [0.25, 0.3) is 11.1 Å². The van der Waals surface area contributed by atoms with Crippen molar-refractivity contribution in [2.45, 2.75) is 13.3 Å². The maximum Gasteiger partial charge on any atom is 0.417 e. The van der Waals surface area contributed by atoms with Crippen LogP contribution in [-0.4, -0.2) is 10.8 Å². The first-order valence-electron chi connectivity index (χ1n) is 4.37. The van der Waals surface area contributed by atoms with Crippen molar-refractivity contribution in [2.75, 3.05) is 0 Å². The molecule has 0 fully saturated rings. The van der Waals surface area contributed by atoms with E-state index < -0.39 is 5.76 Å². The number of hydrogen-bond donors (Lipinski definition) is 1. The summed E-state index contributed by atoms with van der Waals surface area (Å²) in [6.45, 7) is 1.78. The molecule has 0 aliphatic rings. The minimum absolute atomic E-state index is 0.00681. The van der Waals surface area contributed by atoms with Gasteiger partial charge in [-0.15, -0.1) is 0 Å². The van der Waals surface area contributed by atoms with Crippen LogP contribution >= 0.6 is 0 Å². The van der Waals surface area contributed by atoms with Crippen molar-refractivity contribution in [3.63, 3.8) is 0 Å². The number of aromatic nitrogens is 1. The summed E-state index contributed by atoms with van der Waals surface area (Å²) in [4.78, 5) is 24.9. The van der Waals surface area contributed by atoms with Crippen LogP contribution < -0.4 is 5.76 Å². The van der Waals surface area contributed by atoms with Gasteiger partial charge in [-0.05, 0) is 12.1 Å². The molecule has 1 N–H and O–H groups in total. The predicted molar refractivity (Wildman–Crippen MR) is 51.5 cm³/mol. The molecule has 72 valence electrons. The molecule has 2 rings (SSSR count). The summed E-state index contributed by atoms with van der Waals surface area (Å²) in [7, 11) is 0. The van der Waals surface area contributed by atoms with Crippen LogP contribution in [0.1, 0.15) is 23.7 Å². The van der Waals surface area contributed by atoms with Gasteiger partial charge in [0, 0.05) is 12.0 Å². The highest BCUT2D eigenvalue weighted by Crippen LogP contribution is 2.16. The Hall–Kier alpha value is -1.84. The summed E-state index contributed by atoms with van der Waals surface area (Å²) < 4.78 is 4.84. The summed E-state index contributed by atoms with van der Waals surface area (Å²) in [6.07, 6.45) is 0.409. The maximum atomic E-state index is 11.5. The Kier molecular flexibility index (Phi) is 1.96. The first-order chi connectivity index (χ1) is 6.72. The molecule has 0 saturated carbocycles. The first kappa shape index (κ1) is 8.74. The lowest BCUT2D eigenvalue weighted by Gasteiger charge is -1.97. The number of para-hydroxylation sites is 1. The Bertz CT molecular complexity index is 536. The summed E-state index contributed by atoms with van der Waals surface area (Å²) in [5, 5.41) is 0. The molecular weight excluding hydrogens is 182 g/mol. The molecule has 0 unspecified atom stereocenters. The van der Waals surface area contributed by atoms with Crippen molar-refractivity contribution < 1.29 is 9.21 Å². The van der Waals surface area contributed by atoms with Gasteiger partial charge < -0.3 is 4.42 Å². The van der Waals surface area contributed by atoms with Crippen LogP contribution in [-0.2, 0) is 0 Å². The van der Waals surface area contributed by atoms with Crippen molar-refractivity contribution in [2.24, 2.45) is 0 Å². The number of carbonyl (C=O) groups is 1. The Labute approximate surface area is 79.5 Å². The average molecular weight is 191 g/mol. The fraction of sp³-hybridized carbons (Fsp3) is 0.200. The molecule has 0 aliphatic carbocycles. The third-order valence-corrected chi connectivity index (χ3v) is 2.08. The van der Waals surface area contributed by atoms with Crippen LogP contribution in [0.3, 0.4) is 0 Å². The molecule has 0 bridgehead atoms. The molecule has 0 atom stereocenters. The zero-order valence-corrected chi connectivity index (χ0v) is 7.66. The van der Waals surface area contributed by atoms with Crippen LogP contribution in [0.4, 0.5) is 0 Å². The van der Waals surface area contributed by atoms with Gasteiger partial charge in [-0.3, -0.25) is 9.78 Å². The zero-order chi connectivity index (χ0) is 10.1. The van der Waals surface area contributed by atoms with Crippen LogP contribution in [0.5, 0.6) is 0 Å². The Morgan fingerprint density at radius 2 is 2.29 bits per heavy atom. The van der Waals surface area contributed by atoms with Gasteiger partial charge in [0.2, 0.25) is 0 Å². The summed E-state index contributed by atoms with van der Waals surface area (Å²) >= 11 is 0. The molecule has 0 spiro atoms. The number of H-pyrrole nitrogens is 1. The molecular formula is C10H9NO3. The Morgan fingerprint density at radius 3 is 3.00 bits per heavy atom. The number of rotatable bonds is 2. The van der Waals surface area contributed by atoms with Crippen molar-refractivity contribution in [3.05, 3.63) is 34.3 Å². The van der Waals surface area contributed by atoms with Gasteiger partial charge in [0.05, 0.1) is 5.52 Å². The molecule has 1 aromatic carbocycles. The standard InChI is InChI=1S/C10H9NO3/c1-2-7(12)6-4-3-5-8-9(6)11-10(13)14-8/h3-5H,2H2,1H3,(H,11,13). The number of aromatic amines is 1. The third-order valence-electron chi connectivity index (χ3n) is 2.08. The number of oxazole rings is 1. The SMILES string of the molecule is CCC(=O)c1cccc2oc(=O)[nH]c12. The van der Waals surface area contributed by atoms with E-state index in [1.165, 1.54) is 0 Å². The molecule has 0 saturated heterocycles. The van der Waals surface area contributed by atoms with E-state index >= 15 is 0 Å². The highest BCUT2D eigenvalue weighted by atomic mass is 16.4. The fourth-order valence-corrected chi connectivity index (χ4v) is 1.40. The first-order valence-corrected chi connectivity index (χ1v) is 4.37. The summed E-state index contributed by atoms with van der Waals surface area (Å²) in [5.41, 5.74) is 1.43. The van der Waals surface area contributed by atoms with Crippen molar-refractivity contribution >= 4 is 16.9 Å². The monoisotopic (exact) mass is 191 g/mol. The van der Waals surface area contributed by atoms with Gasteiger partial charge in [0.15, 0.2) is 11.4 Å². The number of nitrogens with one attached hydrogen (secondary N) is 1. The molecule has 4 nitrogen and oxygen atoms in total. The quantitative estimate of drug-likeness (QED) is 0.735. The number of benzene rings is 1. The molecule has 0 aliphatic heterocycles. The molecule has 0 amide bonds. The number of ketones is 1. The van der Waals surface area contributed by atoms with E-state index in [0.717, 1.165) is 0 Å². The van der Waals surface area contributed by atoms with E-state index in [0.29, 0.717) is 23.1 Å². The average Bonchev–Trinajstić information content (AvgIpc) is 2.56. The summed E-state index contributed by atoms with van der Waals surface area (Å²) in [5.74, 6) is -0.538. The maximum absolute atomic E-state index is 11.5. The Balaban J connectivity index is 2.76. The number of hydrogen-bond acceptors (Lipinski definition) is 3. The van der Waals surface area contributed by atoms with Gasteiger partial charge in [0.1, 0.15) is 0 Å². The van der Waals surface area contributed by atoms with E-state index in [1.807, 2.05) is 0 Å². The third kappa shape index (κ3) is 1.25. The summed E-state index contributed by atoms with van der Waals surface area (Å²) in [6, 6.07) is 5.03. The van der Waals surface area contributed by atoms with Crippen LogP contribution in [0.15, 0.2) is 27.4 Å². The van der Waals surface area contributed by atoms with Gasteiger partial charge in [-0.1, -0.05) is 13.0 Å². The van der Waals surface area contributed by atoms with E-state index in [9.17, 15) is 9.59 Å². The van der Waals surface area contributed by atoms with Crippen LogP contribution in [0, 0.1) is 0 Å². The molecule has 4 heteroatoms. The minimum atomic E-state index is -0.531. The molecule has 1 heterocycles. The lowest BCUT2D eigenvalue weighted by Crippen LogP contribution is -1.99. The lowest BCUT2D eigenvalue weighted by atomic mass is 10.1. The molecule has 1 aromatic heterocycles. The normalized spacial score (nSPS) is 10.6. The second-order valence-corrected chi connectivity index (χ2v) is 2.97. The number of Topliss-reactive ketones (excluding diaryl/α,β-unsaturated/α-hetero) is 1. The smallest absolute Gasteiger partial charge is 0.408 e. The zero-order valence-electron chi connectivity index (χ0n) is 7.66. The highest BCUT2D eigenvalue weighted by molar-refractivity contribution is 6.05. The van der Waals surface area contributed by atoms with Crippen molar-refractivity contribution in [3.8, 4) is 0 Å². The Morgan fingerprint density at radius 1 is 1.50 bits per heavy atom. The largest absolute Gasteiger partial charge is 0.417 e. The minimum Gasteiger partial charge on any atom is -0.408 e. The number of carbonyl (C=O) groups excluding carboxylic acids is 1. The van der Waals surface area contributed by atoms with E-state index in [-0.39, 0.29) is 5.78 Å². The van der Waals surface area contributed by atoms with Gasteiger partial charge in [-0.25, -0.2) is 4.79 Å². The van der Waals surface area contributed by atoms with Crippen molar-refractivity contribution in [1.29, 1.82) is 0 Å². The van der Waals surface area contributed by atoms with Crippen LogP contribution in [0.2, 0.25) is 0 Å². The molecule has 0 radical (unpaired) electrons. The predicted octanol–water partition coefficient (Wildman–Crippen LogP) is 1.71. The van der Waals surface area contributed by atoms with Crippen molar-refractivity contribution in [1.82, 2.24) is 4.98 Å². The highest BCUT2D eigenvalue weighted by Gasteiger charge is 2.10. The fourth-order valence-electron chi connectivity index (χ4n) is 1.40. The molecule has 2 aromatic rings. The van der Waals surface area contributed by atoms with Gasteiger partial charge >= 0.3 is 5.76 Å². The van der Waals surface area contributed by atoms with Gasteiger partial charge in [0.25, 0.3) is 0 Å². The topological polar surface area (TPSA) is 63.1 Å². The lowest BCUT2D eigenvalue weighted by molar-refractivity contribution is 0.0989. The number of fused-ring (bicyclic) bond motifs is 1.